The summed E-state index contributed by atoms with van der Waals surface area (Å²) in [5.41, 5.74) is 4.57. The third-order valence-corrected chi connectivity index (χ3v) is 6.65. The van der Waals surface area contributed by atoms with Crippen LogP contribution in [0.4, 0.5) is 5.69 Å². The van der Waals surface area contributed by atoms with E-state index in [0.717, 1.165) is 47.1 Å². The number of Topliss-reactive ketones (excluding diaryl/α,β-unsaturated/α-hetero) is 1. The van der Waals surface area contributed by atoms with Crippen LogP contribution in [0.15, 0.2) is 36.5 Å². The number of ketones is 1. The predicted octanol–water partition coefficient (Wildman–Crippen LogP) is 5.95. The van der Waals surface area contributed by atoms with E-state index < -0.39 is 0 Å². The summed E-state index contributed by atoms with van der Waals surface area (Å²) in [5, 5.41) is 14.9. The highest BCUT2D eigenvalue weighted by atomic mass is 35.5. The maximum Gasteiger partial charge on any atom is 0.163 e. The molecule has 1 saturated carbocycles. The molecule has 0 amide bonds. The second kappa shape index (κ2) is 9.26. The highest BCUT2D eigenvalue weighted by Gasteiger charge is 2.30. The Morgan fingerprint density at radius 1 is 1.22 bits per heavy atom. The predicted molar refractivity (Wildman–Crippen MR) is 132 cm³/mol. The smallest absolute Gasteiger partial charge is 0.163 e. The van der Waals surface area contributed by atoms with Crippen LogP contribution < -0.4 is 5.32 Å². The minimum Gasteiger partial charge on any atom is -0.506 e. The van der Waals surface area contributed by atoms with Crippen LogP contribution in [0.25, 0.3) is 22.0 Å². The number of nitrogens with one attached hydrogen (secondary N) is 1. The number of benzene rings is 2. The zero-order valence-corrected chi connectivity index (χ0v) is 20.0. The molecule has 5 nitrogen and oxygen atoms in total. The molecule has 0 radical (unpaired) electrons. The molecule has 0 atom stereocenters. The second-order valence-electron chi connectivity index (χ2n) is 8.88. The molecule has 0 saturated heterocycles. The van der Waals surface area contributed by atoms with Crippen molar-refractivity contribution in [2.45, 2.75) is 31.7 Å². The maximum absolute atomic E-state index is 12.4. The molecule has 168 valence electrons. The molecule has 0 unspecified atom stereocenters. The highest BCUT2D eigenvalue weighted by molar-refractivity contribution is 6.32. The van der Waals surface area contributed by atoms with E-state index in [1.165, 1.54) is 0 Å². The number of rotatable bonds is 7. The molecule has 2 aromatic carbocycles. The van der Waals surface area contributed by atoms with Crippen molar-refractivity contribution in [3.8, 4) is 16.9 Å². The lowest BCUT2D eigenvalue weighted by atomic mass is 9.79. The van der Waals surface area contributed by atoms with Gasteiger partial charge in [0.25, 0.3) is 0 Å². The minimum atomic E-state index is -0.0198. The van der Waals surface area contributed by atoms with Gasteiger partial charge in [0.1, 0.15) is 5.75 Å². The summed E-state index contributed by atoms with van der Waals surface area (Å²) in [6.45, 7) is 2.64. The van der Waals surface area contributed by atoms with E-state index in [9.17, 15) is 9.90 Å². The van der Waals surface area contributed by atoms with Crippen molar-refractivity contribution in [3.63, 3.8) is 0 Å². The van der Waals surface area contributed by atoms with Gasteiger partial charge in [-0.05, 0) is 75.2 Å². The molecule has 3 aromatic rings. The fourth-order valence-electron chi connectivity index (χ4n) is 4.44. The number of aromatic hydroxyl groups is 1. The Kier molecular flexibility index (Phi) is 6.61. The summed E-state index contributed by atoms with van der Waals surface area (Å²) in [6.07, 6.45) is 3.81. The molecular formula is C25H27Cl2N3O2. The van der Waals surface area contributed by atoms with Gasteiger partial charge in [-0.2, -0.15) is 0 Å². The molecule has 0 spiro atoms. The molecule has 1 aliphatic rings. The van der Waals surface area contributed by atoms with Crippen LogP contribution in [0.3, 0.4) is 0 Å². The standard InChI is InChI=1S/C25H27Cl2N3O2/c1-14(31)21-12-28-23-5-4-16(17-8-18(11-26)25(32)22(27)10-17)9-20(23)24(21)29-19-6-15(7-19)13-30(2)3/h4-5,8-10,12,15,19,32H,6-7,11,13H2,1-3H3,(H,28,29). The summed E-state index contributed by atoms with van der Waals surface area (Å²) in [4.78, 5) is 19.1. The Morgan fingerprint density at radius 3 is 2.62 bits per heavy atom. The Morgan fingerprint density at radius 2 is 1.97 bits per heavy atom. The molecule has 1 aliphatic carbocycles. The van der Waals surface area contributed by atoms with E-state index >= 15 is 0 Å². The normalized spacial score (nSPS) is 18.1. The number of alkyl halides is 1. The third-order valence-electron chi connectivity index (χ3n) is 6.07. The van der Waals surface area contributed by atoms with Crippen LogP contribution in [-0.2, 0) is 5.88 Å². The summed E-state index contributed by atoms with van der Waals surface area (Å²) in [6, 6.07) is 9.82. The van der Waals surface area contributed by atoms with E-state index in [1.807, 2.05) is 24.3 Å². The summed E-state index contributed by atoms with van der Waals surface area (Å²) in [7, 11) is 4.19. The molecule has 1 fully saturated rings. The van der Waals surface area contributed by atoms with Crippen LogP contribution in [0.1, 0.15) is 35.7 Å². The van der Waals surface area contributed by atoms with Gasteiger partial charge in [-0.3, -0.25) is 9.78 Å². The van der Waals surface area contributed by atoms with Crippen molar-refractivity contribution < 1.29 is 9.90 Å². The minimum absolute atomic E-state index is 0.00589. The first-order valence-electron chi connectivity index (χ1n) is 10.7. The number of aromatic nitrogens is 1. The molecule has 0 aliphatic heterocycles. The van der Waals surface area contributed by atoms with Gasteiger partial charge >= 0.3 is 0 Å². The molecule has 32 heavy (non-hydrogen) atoms. The number of hydrogen-bond acceptors (Lipinski definition) is 5. The van der Waals surface area contributed by atoms with Crippen LogP contribution in [0, 0.1) is 5.92 Å². The fourth-order valence-corrected chi connectivity index (χ4v) is 4.88. The lowest BCUT2D eigenvalue weighted by molar-refractivity contribution is 0.101. The van der Waals surface area contributed by atoms with Crippen LogP contribution in [0.2, 0.25) is 5.02 Å². The molecule has 4 rings (SSSR count). The van der Waals surface area contributed by atoms with Crippen LogP contribution in [-0.4, -0.2) is 47.5 Å². The van der Waals surface area contributed by atoms with E-state index in [-0.39, 0.29) is 22.4 Å². The van der Waals surface area contributed by atoms with Crippen LogP contribution in [0.5, 0.6) is 5.75 Å². The van der Waals surface area contributed by atoms with E-state index in [4.69, 9.17) is 23.2 Å². The van der Waals surface area contributed by atoms with Crippen molar-refractivity contribution in [2.24, 2.45) is 5.92 Å². The van der Waals surface area contributed by atoms with Crippen molar-refractivity contribution >= 4 is 45.6 Å². The SMILES string of the molecule is CC(=O)c1cnc2ccc(-c3cc(Cl)c(O)c(CCl)c3)cc2c1NC1CC(CN(C)C)C1. The Bertz CT molecular complexity index is 1170. The third kappa shape index (κ3) is 4.56. The number of carbonyl (C=O) groups is 1. The second-order valence-corrected chi connectivity index (χ2v) is 9.55. The Balaban J connectivity index is 1.74. The molecule has 7 heteroatoms. The molecule has 1 aromatic heterocycles. The number of phenolic OH excluding ortho intramolecular Hbond substituents is 1. The van der Waals surface area contributed by atoms with Gasteiger partial charge < -0.3 is 15.3 Å². The van der Waals surface area contributed by atoms with Gasteiger partial charge in [0.05, 0.1) is 27.7 Å². The average molecular weight is 472 g/mol. The van der Waals surface area contributed by atoms with Gasteiger partial charge in [-0.1, -0.05) is 17.7 Å². The Hall–Kier alpha value is -2.34. The highest BCUT2D eigenvalue weighted by Crippen LogP contribution is 2.38. The number of anilines is 1. The van der Waals surface area contributed by atoms with Crippen molar-refractivity contribution in [1.29, 1.82) is 0 Å². The quantitative estimate of drug-likeness (QED) is 0.329. The molecule has 2 N–H and O–H groups in total. The number of fused-ring (bicyclic) bond motifs is 1. The summed E-state index contributed by atoms with van der Waals surface area (Å²) < 4.78 is 0. The van der Waals surface area contributed by atoms with Gasteiger partial charge in [0.2, 0.25) is 0 Å². The zero-order valence-electron chi connectivity index (χ0n) is 18.5. The van der Waals surface area contributed by atoms with Gasteiger partial charge in [-0.15, -0.1) is 11.6 Å². The number of pyridine rings is 1. The summed E-state index contributed by atoms with van der Waals surface area (Å²) in [5.74, 6) is 0.811. The van der Waals surface area contributed by atoms with Gasteiger partial charge in [0.15, 0.2) is 5.78 Å². The lowest BCUT2D eigenvalue weighted by Gasteiger charge is -2.38. The monoisotopic (exact) mass is 471 g/mol. The number of carbonyl (C=O) groups excluding carboxylic acids is 1. The van der Waals surface area contributed by atoms with Crippen molar-refractivity contribution in [2.75, 3.05) is 26.0 Å². The van der Waals surface area contributed by atoms with E-state index in [2.05, 4.69) is 29.3 Å². The van der Waals surface area contributed by atoms with E-state index in [0.29, 0.717) is 23.1 Å². The number of hydrogen-bond donors (Lipinski definition) is 2. The fraction of sp³-hybridized carbons (Fsp3) is 0.360. The van der Waals surface area contributed by atoms with Crippen molar-refractivity contribution in [1.82, 2.24) is 9.88 Å². The largest absolute Gasteiger partial charge is 0.506 e. The van der Waals surface area contributed by atoms with Crippen molar-refractivity contribution in [3.05, 3.63) is 52.7 Å². The zero-order chi connectivity index (χ0) is 23.0. The van der Waals surface area contributed by atoms with Gasteiger partial charge in [-0.25, -0.2) is 0 Å². The average Bonchev–Trinajstić information content (AvgIpc) is 2.73. The first-order chi connectivity index (χ1) is 15.3. The lowest BCUT2D eigenvalue weighted by Crippen LogP contribution is -2.40. The first-order valence-corrected chi connectivity index (χ1v) is 11.6. The molecule has 0 bridgehead atoms. The number of phenols is 1. The molecule has 1 heterocycles. The summed E-state index contributed by atoms with van der Waals surface area (Å²) >= 11 is 12.2. The maximum atomic E-state index is 12.4. The van der Waals surface area contributed by atoms with Crippen LogP contribution >= 0.6 is 23.2 Å². The van der Waals surface area contributed by atoms with E-state index in [1.54, 1.807) is 19.2 Å². The number of nitrogens with zero attached hydrogens (tertiary/aromatic N) is 2. The van der Waals surface area contributed by atoms with Gasteiger partial charge in [0, 0.05) is 29.7 Å². The molecular weight excluding hydrogens is 445 g/mol. The first kappa shape index (κ1) is 22.8. The number of halogens is 2. The topological polar surface area (TPSA) is 65.5 Å². The Labute approximate surface area is 198 Å².